The van der Waals surface area contributed by atoms with E-state index < -0.39 is 35.1 Å². The van der Waals surface area contributed by atoms with E-state index in [0.717, 1.165) is 37.4 Å². The molecule has 156 valence electrons. The number of thioether (sulfide) groups is 1. The van der Waals surface area contributed by atoms with Crippen molar-refractivity contribution in [3.63, 3.8) is 0 Å². The summed E-state index contributed by atoms with van der Waals surface area (Å²) in [5.74, 6) is -2.89. The number of carbonyl (C=O) groups excluding carboxylic acids is 3. The molecule has 9 heteroatoms. The first kappa shape index (κ1) is 20.5. The summed E-state index contributed by atoms with van der Waals surface area (Å²) in [6.07, 6.45) is -0.975. The van der Waals surface area contributed by atoms with Gasteiger partial charge in [-0.1, -0.05) is 30.0 Å². The Bertz CT molecular complexity index is 996. The molecule has 5 nitrogen and oxygen atoms in total. The Labute approximate surface area is 174 Å². The molecule has 0 saturated heterocycles. The van der Waals surface area contributed by atoms with Crippen LogP contribution in [0.25, 0.3) is 0 Å². The minimum absolute atomic E-state index is 0.0479. The number of imide groups is 1. The van der Waals surface area contributed by atoms with Gasteiger partial charge < -0.3 is 4.84 Å². The quantitative estimate of drug-likeness (QED) is 0.625. The lowest BCUT2D eigenvalue weighted by molar-refractivity contribution is -0.139. The maximum Gasteiger partial charge on any atom is 0.417 e. The van der Waals surface area contributed by atoms with Gasteiger partial charge in [-0.15, -0.1) is 11.8 Å². The van der Waals surface area contributed by atoms with Crippen molar-refractivity contribution < 1.29 is 32.4 Å². The second-order valence-corrected chi connectivity index (χ2v) is 8.40. The number of hydrogen-bond donors (Lipinski definition) is 0. The molecule has 0 radical (unpaired) electrons. The van der Waals surface area contributed by atoms with E-state index in [0.29, 0.717) is 6.07 Å². The Morgan fingerprint density at radius 1 is 1.00 bits per heavy atom. The Hall–Kier alpha value is -2.81. The lowest BCUT2D eigenvalue weighted by atomic mass is 10.1. The fourth-order valence-electron chi connectivity index (χ4n) is 3.55. The number of halogens is 3. The molecule has 1 heterocycles. The summed E-state index contributed by atoms with van der Waals surface area (Å²) in [6, 6.07) is 9.06. The molecular formula is C21H16F3NO4S. The van der Waals surface area contributed by atoms with Crippen molar-refractivity contribution in [1.29, 1.82) is 0 Å². The molecule has 30 heavy (non-hydrogen) atoms. The molecule has 0 aromatic heterocycles. The molecule has 1 aliphatic carbocycles. The maximum absolute atomic E-state index is 13.6. The highest BCUT2D eigenvalue weighted by molar-refractivity contribution is 8.00. The molecule has 2 aromatic carbocycles. The highest BCUT2D eigenvalue weighted by Gasteiger charge is 2.40. The van der Waals surface area contributed by atoms with E-state index in [4.69, 9.17) is 4.84 Å². The van der Waals surface area contributed by atoms with E-state index >= 15 is 0 Å². The van der Waals surface area contributed by atoms with E-state index in [1.54, 1.807) is 12.1 Å². The number of amides is 2. The van der Waals surface area contributed by atoms with Crippen LogP contribution in [0.3, 0.4) is 0 Å². The third-order valence-electron chi connectivity index (χ3n) is 5.05. The van der Waals surface area contributed by atoms with Crippen molar-refractivity contribution in [3.05, 3.63) is 64.7 Å². The number of nitrogens with zero attached hydrogens (tertiary/aromatic N) is 1. The predicted octanol–water partition coefficient (Wildman–Crippen LogP) is 5.11. The molecule has 4 rings (SSSR count). The third-order valence-corrected chi connectivity index (χ3v) is 6.46. The van der Waals surface area contributed by atoms with E-state index in [2.05, 4.69) is 0 Å². The van der Waals surface area contributed by atoms with Crippen molar-refractivity contribution in [1.82, 2.24) is 5.06 Å². The van der Waals surface area contributed by atoms with Gasteiger partial charge in [-0.2, -0.15) is 13.2 Å². The Morgan fingerprint density at radius 3 is 2.17 bits per heavy atom. The van der Waals surface area contributed by atoms with Crippen LogP contribution < -0.4 is 0 Å². The van der Waals surface area contributed by atoms with E-state index in [1.807, 2.05) is 0 Å². The van der Waals surface area contributed by atoms with Gasteiger partial charge >= 0.3 is 12.1 Å². The fourth-order valence-corrected chi connectivity index (χ4v) is 4.93. The number of carbonyl (C=O) groups is 3. The zero-order chi connectivity index (χ0) is 21.5. The molecule has 0 bridgehead atoms. The molecule has 1 aliphatic heterocycles. The number of hydroxylamine groups is 2. The van der Waals surface area contributed by atoms with Gasteiger partial charge in [0.1, 0.15) is 0 Å². The van der Waals surface area contributed by atoms with Crippen LogP contribution in [0.5, 0.6) is 0 Å². The van der Waals surface area contributed by atoms with Crippen molar-refractivity contribution in [3.8, 4) is 0 Å². The van der Waals surface area contributed by atoms with Crippen molar-refractivity contribution >= 4 is 29.5 Å². The fraction of sp³-hybridized carbons (Fsp3) is 0.286. The topological polar surface area (TPSA) is 63.7 Å². The first-order valence-electron chi connectivity index (χ1n) is 9.33. The summed E-state index contributed by atoms with van der Waals surface area (Å²) in [5, 5.41) is 0.392. The smallest absolute Gasteiger partial charge is 0.324 e. The minimum atomic E-state index is -4.66. The van der Waals surface area contributed by atoms with Crippen molar-refractivity contribution in [2.75, 3.05) is 0 Å². The predicted molar refractivity (Wildman–Crippen MR) is 102 cm³/mol. The second kappa shape index (κ2) is 7.79. The van der Waals surface area contributed by atoms with Gasteiger partial charge in [0.2, 0.25) is 0 Å². The standard InChI is InChI=1S/C21H16F3NO4S/c22-21(23,24)16-11-12(9-10-17(16)30-13-5-1-2-6-13)20(28)29-25-18(26)14-7-3-4-8-15(14)19(25)27/h3-4,7-11,13H,1-2,5-6H2. The molecule has 0 unspecified atom stereocenters. The highest BCUT2D eigenvalue weighted by atomic mass is 32.2. The Morgan fingerprint density at radius 2 is 1.60 bits per heavy atom. The lowest BCUT2D eigenvalue weighted by Crippen LogP contribution is -2.32. The van der Waals surface area contributed by atoms with Gasteiger partial charge in [0.15, 0.2) is 0 Å². The number of alkyl halides is 3. The minimum Gasteiger partial charge on any atom is -0.324 e. The van der Waals surface area contributed by atoms with Crippen LogP contribution in [0.1, 0.15) is 62.3 Å². The normalized spacial score (nSPS) is 16.8. The van der Waals surface area contributed by atoms with Crippen LogP contribution >= 0.6 is 11.8 Å². The average Bonchev–Trinajstić information content (AvgIpc) is 3.30. The lowest BCUT2D eigenvalue weighted by Gasteiger charge is -2.17. The van der Waals surface area contributed by atoms with Gasteiger partial charge in [0.05, 0.1) is 22.3 Å². The van der Waals surface area contributed by atoms with Gasteiger partial charge in [0.25, 0.3) is 11.8 Å². The number of hydrogen-bond acceptors (Lipinski definition) is 5. The molecule has 1 fully saturated rings. The van der Waals surface area contributed by atoms with E-state index in [-0.39, 0.29) is 26.3 Å². The Kier molecular flexibility index (Phi) is 5.31. The number of fused-ring (bicyclic) bond motifs is 1. The number of rotatable bonds is 4. The zero-order valence-corrected chi connectivity index (χ0v) is 16.4. The summed E-state index contributed by atoms with van der Waals surface area (Å²) in [4.78, 5) is 41.9. The molecule has 2 aromatic rings. The molecule has 1 saturated carbocycles. The van der Waals surface area contributed by atoms with Crippen molar-refractivity contribution in [2.45, 2.75) is 42.0 Å². The first-order chi connectivity index (χ1) is 14.3. The largest absolute Gasteiger partial charge is 0.417 e. The molecule has 0 N–H and O–H groups in total. The summed E-state index contributed by atoms with van der Waals surface area (Å²) < 4.78 is 40.8. The van der Waals surface area contributed by atoms with Crippen LogP contribution in [-0.2, 0) is 11.0 Å². The Balaban J connectivity index is 1.57. The molecule has 0 spiro atoms. The van der Waals surface area contributed by atoms with Gasteiger partial charge in [-0.05, 0) is 43.2 Å². The second-order valence-electron chi connectivity index (χ2n) is 7.06. The van der Waals surface area contributed by atoms with Crippen LogP contribution in [0, 0.1) is 0 Å². The summed E-state index contributed by atoms with van der Waals surface area (Å²) >= 11 is 1.16. The molecular weight excluding hydrogens is 419 g/mol. The van der Waals surface area contributed by atoms with Crippen molar-refractivity contribution in [2.24, 2.45) is 0 Å². The van der Waals surface area contributed by atoms with Gasteiger partial charge in [-0.3, -0.25) is 9.59 Å². The van der Waals surface area contributed by atoms with E-state index in [1.165, 1.54) is 24.3 Å². The van der Waals surface area contributed by atoms with Crippen LogP contribution in [0.2, 0.25) is 0 Å². The van der Waals surface area contributed by atoms with Gasteiger partial charge in [0, 0.05) is 10.1 Å². The third kappa shape index (κ3) is 3.81. The SMILES string of the molecule is O=C(ON1C(=O)c2ccccc2C1=O)c1ccc(SC2CCCC2)c(C(F)(F)F)c1. The average molecular weight is 435 g/mol. The van der Waals surface area contributed by atoms with Gasteiger partial charge in [-0.25, -0.2) is 4.79 Å². The van der Waals surface area contributed by atoms with Crippen LogP contribution in [0.4, 0.5) is 13.2 Å². The summed E-state index contributed by atoms with van der Waals surface area (Å²) in [6.45, 7) is 0. The molecule has 0 atom stereocenters. The number of benzene rings is 2. The monoisotopic (exact) mass is 435 g/mol. The zero-order valence-electron chi connectivity index (χ0n) is 15.6. The first-order valence-corrected chi connectivity index (χ1v) is 10.2. The van der Waals surface area contributed by atoms with Crippen LogP contribution in [0.15, 0.2) is 47.4 Å². The van der Waals surface area contributed by atoms with Crippen LogP contribution in [-0.4, -0.2) is 28.1 Å². The highest BCUT2D eigenvalue weighted by Crippen LogP contribution is 2.42. The summed E-state index contributed by atoms with van der Waals surface area (Å²) in [5.41, 5.74) is -1.20. The maximum atomic E-state index is 13.6. The molecule has 2 aliphatic rings. The summed E-state index contributed by atoms with van der Waals surface area (Å²) in [7, 11) is 0. The van der Waals surface area contributed by atoms with E-state index in [9.17, 15) is 27.6 Å². The molecule has 2 amide bonds.